The predicted octanol–water partition coefficient (Wildman–Crippen LogP) is 2.71. The molecule has 2 fully saturated rings. The van der Waals surface area contributed by atoms with Crippen molar-refractivity contribution in [1.29, 1.82) is 0 Å². The van der Waals surface area contributed by atoms with E-state index in [2.05, 4.69) is 23.1 Å². The van der Waals surface area contributed by atoms with Crippen LogP contribution < -0.4 is 4.74 Å². The van der Waals surface area contributed by atoms with Crippen molar-refractivity contribution in [2.45, 2.75) is 50.2 Å². The minimum atomic E-state index is 0.361. The van der Waals surface area contributed by atoms with Gasteiger partial charge in [0.15, 0.2) is 0 Å². The maximum absolute atomic E-state index is 11.8. The summed E-state index contributed by atoms with van der Waals surface area (Å²) >= 11 is 0. The van der Waals surface area contributed by atoms with Gasteiger partial charge in [0.25, 0.3) is 0 Å². The van der Waals surface area contributed by atoms with Crippen LogP contribution in [0, 0.1) is 0 Å². The molecule has 19 heavy (non-hydrogen) atoms. The zero-order valence-corrected chi connectivity index (χ0v) is 11.0. The molecule has 2 saturated heterocycles. The summed E-state index contributed by atoms with van der Waals surface area (Å²) in [6, 6.07) is 9.60. The van der Waals surface area contributed by atoms with E-state index >= 15 is 0 Å². The maximum atomic E-state index is 11.8. The Hall–Kier alpha value is -1.35. The molecule has 1 aromatic carbocycles. The number of benzene rings is 1. The summed E-state index contributed by atoms with van der Waals surface area (Å²) in [5.74, 6) is 1.49. The smallest absolute Gasteiger partial charge is 0.136 e. The number of carbonyl (C=O) groups excluding carboxylic acids is 1. The third-order valence-corrected chi connectivity index (χ3v) is 4.88. The Kier molecular flexibility index (Phi) is 2.62. The Morgan fingerprint density at radius 3 is 2.63 bits per heavy atom. The second-order valence-corrected chi connectivity index (χ2v) is 6.00. The molecule has 3 atom stereocenters. The Balaban J connectivity index is 1.68. The van der Waals surface area contributed by atoms with E-state index in [0.29, 0.717) is 23.9 Å². The van der Waals surface area contributed by atoms with Crippen molar-refractivity contribution in [3.05, 3.63) is 29.8 Å². The standard InChI is InChI=1S/C16H19NO2/c18-13-8-11-4-3-5-12(9-13)17(11)15-10-19-16-7-2-1-6-14(15)16/h1-2,6-7,11-12,15H,3-5,8-10H2. The highest BCUT2D eigenvalue weighted by Gasteiger charge is 2.43. The second kappa shape index (κ2) is 4.34. The van der Waals surface area contributed by atoms with Crippen molar-refractivity contribution in [1.82, 2.24) is 4.90 Å². The highest BCUT2D eigenvalue weighted by atomic mass is 16.5. The summed E-state index contributed by atoms with van der Waals surface area (Å²) in [5.41, 5.74) is 1.31. The van der Waals surface area contributed by atoms with Gasteiger partial charge in [-0.1, -0.05) is 24.6 Å². The summed E-state index contributed by atoms with van der Waals surface area (Å²) in [5, 5.41) is 0. The molecule has 0 radical (unpaired) electrons. The lowest BCUT2D eigenvalue weighted by Crippen LogP contribution is -2.54. The van der Waals surface area contributed by atoms with Crippen molar-refractivity contribution < 1.29 is 9.53 Å². The molecule has 3 unspecified atom stereocenters. The molecule has 4 rings (SSSR count). The van der Waals surface area contributed by atoms with E-state index in [1.54, 1.807) is 0 Å². The van der Waals surface area contributed by atoms with Crippen LogP contribution in [0.3, 0.4) is 0 Å². The van der Waals surface area contributed by atoms with Crippen LogP contribution in [0.15, 0.2) is 24.3 Å². The van der Waals surface area contributed by atoms with Gasteiger partial charge in [0.05, 0.1) is 6.04 Å². The number of Topliss-reactive ketones (excluding diaryl/α,β-unsaturated/α-hetero) is 1. The molecule has 0 aliphatic carbocycles. The molecule has 3 aliphatic rings. The number of ether oxygens (including phenoxy) is 1. The van der Waals surface area contributed by atoms with Crippen LogP contribution in [-0.2, 0) is 4.79 Å². The first-order valence-corrected chi connectivity index (χ1v) is 7.34. The fraction of sp³-hybridized carbons (Fsp3) is 0.562. The summed E-state index contributed by atoms with van der Waals surface area (Å²) in [6.07, 6.45) is 5.10. The zero-order chi connectivity index (χ0) is 12.8. The van der Waals surface area contributed by atoms with Crippen molar-refractivity contribution in [2.24, 2.45) is 0 Å². The first-order valence-electron chi connectivity index (χ1n) is 7.34. The highest BCUT2D eigenvalue weighted by molar-refractivity contribution is 5.80. The number of para-hydroxylation sites is 1. The molecule has 3 nitrogen and oxygen atoms in total. The largest absolute Gasteiger partial charge is 0.491 e. The van der Waals surface area contributed by atoms with Crippen LogP contribution in [0.25, 0.3) is 0 Å². The van der Waals surface area contributed by atoms with Crippen LogP contribution in [0.4, 0.5) is 0 Å². The molecule has 0 saturated carbocycles. The average Bonchev–Trinajstić information content (AvgIpc) is 2.81. The Labute approximate surface area is 113 Å². The van der Waals surface area contributed by atoms with Gasteiger partial charge >= 0.3 is 0 Å². The van der Waals surface area contributed by atoms with Crippen molar-refractivity contribution in [3.8, 4) is 5.75 Å². The quantitative estimate of drug-likeness (QED) is 0.774. The molecular formula is C16H19NO2. The molecule has 0 amide bonds. The van der Waals surface area contributed by atoms with E-state index < -0.39 is 0 Å². The van der Waals surface area contributed by atoms with E-state index in [0.717, 1.165) is 25.2 Å². The first-order chi connectivity index (χ1) is 9.33. The van der Waals surface area contributed by atoms with Gasteiger partial charge in [-0.2, -0.15) is 0 Å². The topological polar surface area (TPSA) is 29.5 Å². The Bertz CT molecular complexity index is 497. The Morgan fingerprint density at radius 1 is 1.11 bits per heavy atom. The van der Waals surface area contributed by atoms with E-state index in [1.165, 1.54) is 24.8 Å². The summed E-state index contributed by atoms with van der Waals surface area (Å²) < 4.78 is 5.83. The number of hydrogen-bond donors (Lipinski definition) is 0. The maximum Gasteiger partial charge on any atom is 0.136 e. The van der Waals surface area contributed by atoms with Crippen LogP contribution in [-0.4, -0.2) is 29.4 Å². The van der Waals surface area contributed by atoms with Gasteiger partial charge in [-0.3, -0.25) is 9.69 Å². The third-order valence-electron chi connectivity index (χ3n) is 4.88. The van der Waals surface area contributed by atoms with Gasteiger partial charge in [-0.25, -0.2) is 0 Å². The molecule has 0 N–H and O–H groups in total. The lowest BCUT2D eigenvalue weighted by molar-refractivity contribution is -0.129. The van der Waals surface area contributed by atoms with Crippen LogP contribution in [0.1, 0.15) is 43.7 Å². The van der Waals surface area contributed by atoms with Crippen molar-refractivity contribution in [3.63, 3.8) is 0 Å². The molecule has 3 heteroatoms. The lowest BCUT2D eigenvalue weighted by atomic mass is 9.82. The van der Waals surface area contributed by atoms with Gasteiger partial charge in [-0.15, -0.1) is 0 Å². The zero-order valence-electron chi connectivity index (χ0n) is 11.0. The van der Waals surface area contributed by atoms with Gasteiger partial charge in [0, 0.05) is 30.5 Å². The van der Waals surface area contributed by atoms with Gasteiger partial charge < -0.3 is 4.74 Å². The molecule has 2 bridgehead atoms. The molecule has 1 aromatic rings. The fourth-order valence-corrected chi connectivity index (χ4v) is 4.11. The van der Waals surface area contributed by atoms with Gasteiger partial charge in [0.2, 0.25) is 0 Å². The predicted molar refractivity (Wildman–Crippen MR) is 72.2 cm³/mol. The average molecular weight is 257 g/mol. The number of nitrogens with zero attached hydrogens (tertiary/aromatic N) is 1. The molecule has 3 aliphatic heterocycles. The minimum absolute atomic E-state index is 0.361. The lowest BCUT2D eigenvalue weighted by Gasteiger charge is -2.48. The van der Waals surface area contributed by atoms with Crippen LogP contribution in [0.2, 0.25) is 0 Å². The van der Waals surface area contributed by atoms with E-state index in [4.69, 9.17) is 4.74 Å². The Morgan fingerprint density at radius 2 is 1.84 bits per heavy atom. The number of hydrogen-bond acceptors (Lipinski definition) is 3. The molecular weight excluding hydrogens is 238 g/mol. The number of piperidine rings is 2. The van der Waals surface area contributed by atoms with E-state index in [1.807, 2.05) is 6.07 Å². The summed E-state index contributed by atoms with van der Waals surface area (Å²) in [7, 11) is 0. The normalized spacial score (nSPS) is 33.9. The highest BCUT2D eigenvalue weighted by Crippen LogP contribution is 2.43. The van der Waals surface area contributed by atoms with E-state index in [-0.39, 0.29) is 0 Å². The molecule has 100 valence electrons. The van der Waals surface area contributed by atoms with Crippen LogP contribution >= 0.6 is 0 Å². The monoisotopic (exact) mass is 257 g/mol. The number of fused-ring (bicyclic) bond motifs is 3. The molecule has 0 spiro atoms. The molecule has 3 heterocycles. The minimum Gasteiger partial charge on any atom is -0.491 e. The van der Waals surface area contributed by atoms with Crippen LogP contribution in [0.5, 0.6) is 5.75 Å². The second-order valence-electron chi connectivity index (χ2n) is 6.00. The van der Waals surface area contributed by atoms with Gasteiger partial charge in [-0.05, 0) is 18.9 Å². The van der Waals surface area contributed by atoms with Gasteiger partial charge in [0.1, 0.15) is 18.1 Å². The molecule has 0 aromatic heterocycles. The number of ketones is 1. The fourth-order valence-electron chi connectivity index (χ4n) is 4.11. The number of carbonyl (C=O) groups is 1. The first kappa shape index (κ1) is 11.5. The van der Waals surface area contributed by atoms with Crippen molar-refractivity contribution >= 4 is 5.78 Å². The number of rotatable bonds is 1. The van der Waals surface area contributed by atoms with E-state index in [9.17, 15) is 4.79 Å². The SMILES string of the molecule is O=C1CC2CCCC(C1)N2C1COc2ccccc21. The van der Waals surface area contributed by atoms with Crippen molar-refractivity contribution in [2.75, 3.05) is 6.61 Å². The summed E-state index contributed by atoms with van der Waals surface area (Å²) in [4.78, 5) is 14.4. The summed E-state index contributed by atoms with van der Waals surface area (Å²) in [6.45, 7) is 0.751. The third kappa shape index (κ3) is 1.79.